The summed E-state index contributed by atoms with van der Waals surface area (Å²) in [6.45, 7) is 3.67. The van der Waals surface area contributed by atoms with Gasteiger partial charge >= 0.3 is 0 Å². The molecule has 2 atom stereocenters. The smallest absolute Gasteiger partial charge is 0.142 e. The van der Waals surface area contributed by atoms with Gasteiger partial charge in [0.05, 0.1) is 11.1 Å². The summed E-state index contributed by atoms with van der Waals surface area (Å²) in [4.78, 5) is 0. The predicted molar refractivity (Wildman–Crippen MR) is 61.1 cm³/mol. The molecule has 0 saturated heterocycles. The van der Waals surface area contributed by atoms with Gasteiger partial charge in [-0.05, 0) is 24.1 Å². The van der Waals surface area contributed by atoms with Crippen molar-refractivity contribution in [3.63, 3.8) is 0 Å². The SMILES string of the molecule is CCC(O)C(C)c1cc(F)c(Cl)cc1Cl. The Hall–Kier alpha value is -0.310. The standard InChI is InChI=1S/C11H13Cl2FO/c1-3-11(15)6(2)7-4-10(14)9(13)5-8(7)12/h4-6,11,15H,3H2,1-2H3. The highest BCUT2D eigenvalue weighted by molar-refractivity contribution is 6.35. The molecule has 2 unspecified atom stereocenters. The number of hydrogen-bond acceptors (Lipinski definition) is 1. The summed E-state index contributed by atoms with van der Waals surface area (Å²) >= 11 is 11.5. The monoisotopic (exact) mass is 250 g/mol. The second-order valence-electron chi connectivity index (χ2n) is 3.55. The molecule has 1 nitrogen and oxygen atoms in total. The van der Waals surface area contributed by atoms with Crippen molar-refractivity contribution in [3.05, 3.63) is 33.6 Å². The van der Waals surface area contributed by atoms with Crippen LogP contribution in [-0.4, -0.2) is 11.2 Å². The molecule has 84 valence electrons. The molecule has 1 rings (SSSR count). The molecular formula is C11H13Cl2FO. The summed E-state index contributed by atoms with van der Waals surface area (Å²) in [5.41, 5.74) is 0.591. The van der Waals surface area contributed by atoms with E-state index in [2.05, 4.69) is 0 Å². The topological polar surface area (TPSA) is 20.2 Å². The molecular weight excluding hydrogens is 238 g/mol. The molecule has 0 bridgehead atoms. The molecule has 15 heavy (non-hydrogen) atoms. The van der Waals surface area contributed by atoms with Crippen molar-refractivity contribution in [2.75, 3.05) is 0 Å². The van der Waals surface area contributed by atoms with E-state index in [1.165, 1.54) is 12.1 Å². The number of hydrogen-bond donors (Lipinski definition) is 1. The van der Waals surface area contributed by atoms with Gasteiger partial charge in [-0.3, -0.25) is 0 Å². The van der Waals surface area contributed by atoms with Gasteiger partial charge in [0.15, 0.2) is 0 Å². The number of benzene rings is 1. The van der Waals surface area contributed by atoms with Crippen LogP contribution >= 0.6 is 23.2 Å². The summed E-state index contributed by atoms with van der Waals surface area (Å²) in [5, 5.41) is 10.0. The zero-order valence-corrected chi connectivity index (χ0v) is 10.1. The maximum atomic E-state index is 13.2. The van der Waals surface area contributed by atoms with Gasteiger partial charge in [-0.25, -0.2) is 4.39 Å². The van der Waals surface area contributed by atoms with Crippen LogP contribution in [0.2, 0.25) is 10.0 Å². The first-order valence-corrected chi connectivity index (χ1v) is 5.55. The Kier molecular flexibility index (Phi) is 4.38. The van der Waals surface area contributed by atoms with Crippen LogP contribution in [0.1, 0.15) is 31.7 Å². The maximum Gasteiger partial charge on any atom is 0.142 e. The second-order valence-corrected chi connectivity index (χ2v) is 4.37. The highest BCUT2D eigenvalue weighted by Gasteiger charge is 2.18. The van der Waals surface area contributed by atoms with Gasteiger partial charge in [0.25, 0.3) is 0 Å². The van der Waals surface area contributed by atoms with Crippen LogP contribution in [-0.2, 0) is 0 Å². The predicted octanol–water partition coefficient (Wildman–Crippen LogP) is 4.01. The molecule has 0 aromatic heterocycles. The van der Waals surface area contributed by atoms with Gasteiger partial charge in [0, 0.05) is 10.9 Å². The lowest BCUT2D eigenvalue weighted by atomic mass is 9.94. The van der Waals surface area contributed by atoms with Crippen LogP contribution < -0.4 is 0 Å². The molecule has 1 aromatic rings. The molecule has 1 N–H and O–H groups in total. The minimum absolute atomic E-state index is 0.00179. The number of rotatable bonds is 3. The Balaban J connectivity index is 3.09. The van der Waals surface area contributed by atoms with Crippen molar-refractivity contribution in [3.8, 4) is 0 Å². The second kappa shape index (κ2) is 5.15. The average Bonchev–Trinajstić information content (AvgIpc) is 2.21. The van der Waals surface area contributed by atoms with Crippen molar-refractivity contribution < 1.29 is 9.50 Å². The van der Waals surface area contributed by atoms with E-state index >= 15 is 0 Å². The normalized spacial score (nSPS) is 15.1. The summed E-state index contributed by atoms with van der Waals surface area (Å²) in [5.74, 6) is -0.708. The third kappa shape index (κ3) is 2.83. The number of aliphatic hydroxyl groups is 1. The molecule has 1 aromatic carbocycles. The quantitative estimate of drug-likeness (QED) is 0.805. The van der Waals surface area contributed by atoms with Crippen molar-refractivity contribution in [1.82, 2.24) is 0 Å². The average molecular weight is 251 g/mol. The Morgan fingerprint density at radius 3 is 2.47 bits per heavy atom. The van der Waals surface area contributed by atoms with E-state index in [-0.39, 0.29) is 10.9 Å². The Morgan fingerprint density at radius 2 is 1.93 bits per heavy atom. The summed E-state index contributed by atoms with van der Waals surface area (Å²) < 4.78 is 13.2. The molecule has 0 spiro atoms. The van der Waals surface area contributed by atoms with E-state index in [4.69, 9.17) is 23.2 Å². The van der Waals surface area contributed by atoms with Crippen LogP contribution in [0.5, 0.6) is 0 Å². The third-order valence-corrected chi connectivity index (χ3v) is 3.14. The van der Waals surface area contributed by atoms with Gasteiger partial charge < -0.3 is 5.11 Å². The zero-order valence-electron chi connectivity index (χ0n) is 8.60. The first-order valence-electron chi connectivity index (χ1n) is 4.79. The van der Waals surface area contributed by atoms with E-state index in [1.807, 2.05) is 13.8 Å². The van der Waals surface area contributed by atoms with Gasteiger partial charge in [-0.15, -0.1) is 0 Å². The highest BCUT2D eigenvalue weighted by Crippen LogP contribution is 2.31. The zero-order chi connectivity index (χ0) is 11.6. The largest absolute Gasteiger partial charge is 0.393 e. The van der Waals surface area contributed by atoms with Crippen molar-refractivity contribution >= 4 is 23.2 Å². The summed E-state index contributed by atoms with van der Waals surface area (Å²) in [6, 6.07) is 2.65. The van der Waals surface area contributed by atoms with Crippen LogP contribution in [0.15, 0.2) is 12.1 Å². The van der Waals surface area contributed by atoms with Crippen molar-refractivity contribution in [2.24, 2.45) is 0 Å². The number of aliphatic hydroxyl groups excluding tert-OH is 1. The molecule has 0 aliphatic rings. The summed E-state index contributed by atoms with van der Waals surface area (Å²) in [7, 11) is 0. The molecule has 4 heteroatoms. The first kappa shape index (κ1) is 12.8. The third-order valence-electron chi connectivity index (χ3n) is 2.53. The van der Waals surface area contributed by atoms with E-state index < -0.39 is 11.9 Å². The first-order chi connectivity index (χ1) is 6.97. The minimum atomic E-state index is -0.525. The summed E-state index contributed by atoms with van der Waals surface area (Å²) in [6.07, 6.45) is 0.0740. The molecule has 0 heterocycles. The van der Waals surface area contributed by atoms with Crippen molar-refractivity contribution in [2.45, 2.75) is 32.3 Å². The van der Waals surface area contributed by atoms with E-state index in [0.717, 1.165) is 0 Å². The molecule has 0 amide bonds. The van der Waals surface area contributed by atoms with Crippen LogP contribution in [0.3, 0.4) is 0 Å². The molecule has 0 aliphatic heterocycles. The van der Waals surface area contributed by atoms with Gasteiger partial charge in [-0.2, -0.15) is 0 Å². The molecule has 0 radical (unpaired) electrons. The molecule has 0 fully saturated rings. The fourth-order valence-corrected chi connectivity index (χ4v) is 2.00. The number of halogens is 3. The minimum Gasteiger partial charge on any atom is -0.393 e. The lowest BCUT2D eigenvalue weighted by Gasteiger charge is -2.19. The van der Waals surface area contributed by atoms with E-state index in [0.29, 0.717) is 17.0 Å². The fourth-order valence-electron chi connectivity index (χ4n) is 1.45. The lowest BCUT2D eigenvalue weighted by Crippen LogP contribution is -2.15. The van der Waals surface area contributed by atoms with E-state index in [1.54, 1.807) is 0 Å². The van der Waals surface area contributed by atoms with Crippen LogP contribution in [0, 0.1) is 5.82 Å². The van der Waals surface area contributed by atoms with E-state index in [9.17, 15) is 9.50 Å². The Bertz CT molecular complexity index is 355. The highest BCUT2D eigenvalue weighted by atomic mass is 35.5. The van der Waals surface area contributed by atoms with Crippen LogP contribution in [0.4, 0.5) is 4.39 Å². The van der Waals surface area contributed by atoms with Gasteiger partial charge in [0.1, 0.15) is 5.82 Å². The maximum absolute atomic E-state index is 13.2. The molecule has 0 aliphatic carbocycles. The van der Waals surface area contributed by atoms with Crippen LogP contribution in [0.25, 0.3) is 0 Å². The van der Waals surface area contributed by atoms with Gasteiger partial charge in [0.2, 0.25) is 0 Å². The Labute approximate surface area is 98.8 Å². The fraction of sp³-hybridized carbons (Fsp3) is 0.455. The molecule has 0 saturated carbocycles. The van der Waals surface area contributed by atoms with Gasteiger partial charge in [-0.1, -0.05) is 37.0 Å². The van der Waals surface area contributed by atoms with Crippen molar-refractivity contribution in [1.29, 1.82) is 0 Å². The Morgan fingerprint density at radius 1 is 1.33 bits per heavy atom. The lowest BCUT2D eigenvalue weighted by molar-refractivity contribution is 0.145.